The van der Waals surface area contributed by atoms with Gasteiger partial charge >= 0.3 is 0 Å². The summed E-state index contributed by atoms with van der Waals surface area (Å²) >= 11 is 0. The molecule has 10 heavy (non-hydrogen) atoms. The average Bonchev–Trinajstić information content (AvgIpc) is 2.05. The zero-order valence-electron chi connectivity index (χ0n) is 6.05. The van der Waals surface area contributed by atoms with E-state index in [0.717, 1.165) is 11.5 Å². The molecule has 1 aromatic rings. The zero-order chi connectivity index (χ0) is 7.40. The van der Waals surface area contributed by atoms with Crippen LogP contribution in [0.2, 0.25) is 0 Å². The Morgan fingerprint density at radius 1 is 1.30 bits per heavy atom. The summed E-state index contributed by atoms with van der Waals surface area (Å²) in [5.74, 6) is 0.770. The second-order valence-corrected chi connectivity index (χ2v) is 1.83. The third kappa shape index (κ3) is 1.34. The minimum Gasteiger partial charge on any atom is -0.387 e. The maximum absolute atomic E-state index is 3.80. The number of nitrogens with one attached hydrogen (secondary N) is 2. The van der Waals surface area contributed by atoms with E-state index in [-0.39, 0.29) is 0 Å². The molecule has 0 spiro atoms. The van der Waals surface area contributed by atoms with Gasteiger partial charge in [0.15, 0.2) is 0 Å². The highest BCUT2D eigenvalue weighted by Crippen LogP contribution is 2.07. The SMILES string of the molecule is CNc1cnnc(NC)c1. The fraction of sp³-hybridized carbons (Fsp3) is 0.333. The molecule has 54 valence electrons. The van der Waals surface area contributed by atoms with E-state index >= 15 is 0 Å². The Kier molecular flexibility index (Phi) is 2.04. The van der Waals surface area contributed by atoms with Gasteiger partial charge in [0.1, 0.15) is 5.82 Å². The van der Waals surface area contributed by atoms with Crippen molar-refractivity contribution < 1.29 is 0 Å². The van der Waals surface area contributed by atoms with Crippen LogP contribution in [0.25, 0.3) is 0 Å². The van der Waals surface area contributed by atoms with E-state index in [1.54, 1.807) is 6.20 Å². The van der Waals surface area contributed by atoms with Crippen molar-refractivity contribution in [3.63, 3.8) is 0 Å². The molecule has 0 unspecified atom stereocenters. The number of anilines is 2. The third-order valence-electron chi connectivity index (χ3n) is 1.20. The van der Waals surface area contributed by atoms with Gasteiger partial charge in [-0.05, 0) is 0 Å². The Labute approximate surface area is 59.7 Å². The number of aromatic nitrogens is 2. The standard InChI is InChI=1S/C6H10N4/c1-7-5-3-6(8-2)10-9-4-5/h3-4H,1-2H3,(H2,7,8,10). The second-order valence-electron chi connectivity index (χ2n) is 1.83. The molecule has 2 N–H and O–H groups in total. The lowest BCUT2D eigenvalue weighted by molar-refractivity contribution is 1.03. The van der Waals surface area contributed by atoms with Gasteiger partial charge in [0, 0.05) is 20.2 Å². The van der Waals surface area contributed by atoms with Crippen LogP contribution in [0.5, 0.6) is 0 Å². The van der Waals surface area contributed by atoms with Crippen molar-refractivity contribution in [3.05, 3.63) is 12.3 Å². The first-order chi connectivity index (χ1) is 4.86. The van der Waals surface area contributed by atoms with Crippen LogP contribution in [0.1, 0.15) is 0 Å². The Balaban J connectivity index is 2.87. The van der Waals surface area contributed by atoms with Crippen LogP contribution in [0.4, 0.5) is 11.5 Å². The highest BCUT2D eigenvalue weighted by atomic mass is 15.2. The largest absolute Gasteiger partial charge is 0.387 e. The van der Waals surface area contributed by atoms with Gasteiger partial charge in [0.2, 0.25) is 0 Å². The van der Waals surface area contributed by atoms with Crippen LogP contribution in [0, 0.1) is 0 Å². The lowest BCUT2D eigenvalue weighted by atomic mass is 10.4. The molecule has 0 aliphatic carbocycles. The summed E-state index contributed by atoms with van der Waals surface area (Å²) in [5, 5.41) is 13.4. The van der Waals surface area contributed by atoms with Crippen LogP contribution in [-0.2, 0) is 0 Å². The smallest absolute Gasteiger partial charge is 0.150 e. The van der Waals surface area contributed by atoms with Gasteiger partial charge in [-0.25, -0.2) is 0 Å². The molecule has 4 nitrogen and oxygen atoms in total. The predicted molar refractivity (Wildman–Crippen MR) is 41.1 cm³/mol. The van der Waals surface area contributed by atoms with E-state index in [4.69, 9.17) is 0 Å². The molecule has 0 saturated carbocycles. The van der Waals surface area contributed by atoms with Crippen molar-refractivity contribution in [3.8, 4) is 0 Å². The third-order valence-corrected chi connectivity index (χ3v) is 1.20. The summed E-state index contributed by atoms with van der Waals surface area (Å²) in [4.78, 5) is 0. The summed E-state index contributed by atoms with van der Waals surface area (Å²) in [6.45, 7) is 0. The zero-order valence-corrected chi connectivity index (χ0v) is 6.05. The quantitative estimate of drug-likeness (QED) is 0.627. The van der Waals surface area contributed by atoms with Gasteiger partial charge < -0.3 is 10.6 Å². The minimum atomic E-state index is 0.770. The van der Waals surface area contributed by atoms with Crippen LogP contribution in [-0.4, -0.2) is 24.3 Å². The van der Waals surface area contributed by atoms with E-state index < -0.39 is 0 Å². The second kappa shape index (κ2) is 3.00. The highest BCUT2D eigenvalue weighted by molar-refractivity contribution is 5.48. The molecule has 0 atom stereocenters. The number of nitrogens with zero attached hydrogens (tertiary/aromatic N) is 2. The predicted octanol–water partition coefficient (Wildman–Crippen LogP) is 0.560. The molecule has 0 aromatic carbocycles. The Morgan fingerprint density at radius 2 is 2.10 bits per heavy atom. The molecule has 0 bridgehead atoms. The first-order valence-corrected chi connectivity index (χ1v) is 3.05. The van der Waals surface area contributed by atoms with Gasteiger partial charge in [0.25, 0.3) is 0 Å². The summed E-state index contributed by atoms with van der Waals surface area (Å²) in [6, 6.07) is 1.88. The molecule has 1 rings (SSSR count). The molecule has 0 amide bonds. The normalized spacial score (nSPS) is 9.00. The number of rotatable bonds is 2. The molecule has 1 heterocycles. The van der Waals surface area contributed by atoms with Crippen LogP contribution >= 0.6 is 0 Å². The van der Waals surface area contributed by atoms with E-state index in [0.29, 0.717) is 0 Å². The molecule has 0 aliphatic rings. The Morgan fingerprint density at radius 3 is 2.70 bits per heavy atom. The first-order valence-electron chi connectivity index (χ1n) is 3.05. The average molecular weight is 138 g/mol. The van der Waals surface area contributed by atoms with Crippen LogP contribution < -0.4 is 10.6 Å². The monoisotopic (exact) mass is 138 g/mol. The number of hydrogen-bond donors (Lipinski definition) is 2. The molecular formula is C6H10N4. The van der Waals surface area contributed by atoms with Gasteiger partial charge in [-0.2, -0.15) is 5.10 Å². The van der Waals surface area contributed by atoms with Crippen molar-refractivity contribution in [2.45, 2.75) is 0 Å². The van der Waals surface area contributed by atoms with Crippen molar-refractivity contribution in [1.29, 1.82) is 0 Å². The van der Waals surface area contributed by atoms with E-state index in [1.807, 2.05) is 20.2 Å². The minimum absolute atomic E-state index is 0.770. The van der Waals surface area contributed by atoms with Gasteiger partial charge in [-0.3, -0.25) is 0 Å². The fourth-order valence-electron chi connectivity index (χ4n) is 0.626. The summed E-state index contributed by atoms with van der Waals surface area (Å²) in [5.41, 5.74) is 0.958. The molecule has 1 aromatic heterocycles. The highest BCUT2D eigenvalue weighted by Gasteiger charge is 1.91. The summed E-state index contributed by atoms with van der Waals surface area (Å²) in [6.07, 6.45) is 1.67. The van der Waals surface area contributed by atoms with Gasteiger partial charge in [-0.15, -0.1) is 5.10 Å². The van der Waals surface area contributed by atoms with Crippen molar-refractivity contribution in [2.75, 3.05) is 24.7 Å². The van der Waals surface area contributed by atoms with Gasteiger partial charge in [-0.1, -0.05) is 0 Å². The van der Waals surface area contributed by atoms with Crippen molar-refractivity contribution in [2.24, 2.45) is 0 Å². The van der Waals surface area contributed by atoms with E-state index in [9.17, 15) is 0 Å². The Hall–Kier alpha value is -1.32. The topological polar surface area (TPSA) is 49.8 Å². The van der Waals surface area contributed by atoms with E-state index in [1.165, 1.54) is 0 Å². The fourth-order valence-corrected chi connectivity index (χ4v) is 0.626. The lowest BCUT2D eigenvalue weighted by Crippen LogP contribution is -1.96. The van der Waals surface area contributed by atoms with E-state index in [2.05, 4.69) is 20.8 Å². The maximum Gasteiger partial charge on any atom is 0.150 e. The molecule has 0 radical (unpaired) electrons. The molecular weight excluding hydrogens is 128 g/mol. The van der Waals surface area contributed by atoms with Crippen LogP contribution in [0.15, 0.2) is 12.3 Å². The maximum atomic E-state index is 3.80. The van der Waals surface area contributed by atoms with Crippen molar-refractivity contribution >= 4 is 11.5 Å². The summed E-state index contributed by atoms with van der Waals surface area (Å²) < 4.78 is 0. The molecule has 0 aliphatic heterocycles. The summed E-state index contributed by atoms with van der Waals surface area (Å²) in [7, 11) is 3.65. The van der Waals surface area contributed by atoms with Gasteiger partial charge in [0.05, 0.1) is 11.9 Å². The molecule has 0 fully saturated rings. The molecule has 0 saturated heterocycles. The number of hydrogen-bond acceptors (Lipinski definition) is 4. The lowest BCUT2D eigenvalue weighted by Gasteiger charge is -2.00. The molecule has 4 heteroatoms. The Bertz CT molecular complexity index is 191. The van der Waals surface area contributed by atoms with Crippen molar-refractivity contribution in [1.82, 2.24) is 10.2 Å². The van der Waals surface area contributed by atoms with Crippen LogP contribution in [0.3, 0.4) is 0 Å². The first kappa shape index (κ1) is 6.80.